The summed E-state index contributed by atoms with van der Waals surface area (Å²) in [6.07, 6.45) is 0.558. The van der Waals surface area contributed by atoms with Gasteiger partial charge in [-0.1, -0.05) is 6.92 Å². The third-order valence-corrected chi connectivity index (χ3v) is 4.04. The Balaban J connectivity index is 2.46. The molecule has 5 nitrogen and oxygen atoms in total. The zero-order valence-corrected chi connectivity index (χ0v) is 13.2. The fraction of sp³-hybridized carbons (Fsp3) is 0.429. The number of benzene rings is 1. The molecule has 1 N–H and O–H groups in total. The molecule has 2 unspecified atom stereocenters. The number of hydrogen-bond acceptors (Lipinski definition) is 3. The summed E-state index contributed by atoms with van der Waals surface area (Å²) in [5.74, 6) is 0.395. The molecule has 1 aromatic rings. The Labute approximate surface area is 126 Å². The molecule has 1 aliphatic heterocycles. The fourth-order valence-corrected chi connectivity index (χ4v) is 2.73. The predicted molar refractivity (Wildman–Crippen MR) is 79.9 cm³/mol. The summed E-state index contributed by atoms with van der Waals surface area (Å²) in [6.45, 7) is 3.58. The van der Waals surface area contributed by atoms with Crippen LogP contribution in [-0.4, -0.2) is 31.0 Å². The summed E-state index contributed by atoms with van der Waals surface area (Å²) >= 11 is 3.38. The number of carbonyl (C=O) groups is 2. The van der Waals surface area contributed by atoms with Crippen molar-refractivity contribution in [3.05, 3.63) is 22.7 Å². The lowest BCUT2D eigenvalue weighted by Gasteiger charge is -2.37. The van der Waals surface area contributed by atoms with Crippen LogP contribution in [0.2, 0.25) is 0 Å². The van der Waals surface area contributed by atoms with Gasteiger partial charge in [0.2, 0.25) is 11.8 Å². The smallest absolute Gasteiger partial charge is 0.250 e. The molecular formula is C14H17BrN2O3. The summed E-state index contributed by atoms with van der Waals surface area (Å²) in [5, 5.41) is 2.70. The first kappa shape index (κ1) is 14.8. The van der Waals surface area contributed by atoms with Crippen LogP contribution in [0.5, 0.6) is 5.75 Å². The Morgan fingerprint density at radius 3 is 2.70 bits per heavy atom. The quantitative estimate of drug-likeness (QED) is 0.916. The topological polar surface area (TPSA) is 58.6 Å². The van der Waals surface area contributed by atoms with E-state index in [0.717, 1.165) is 4.47 Å². The normalized spacial score (nSPS) is 22.7. The Morgan fingerprint density at radius 1 is 1.40 bits per heavy atom. The number of carbonyl (C=O) groups excluding carboxylic acids is 2. The first-order chi connectivity index (χ1) is 9.49. The lowest BCUT2D eigenvalue weighted by atomic mass is 10.0. The van der Waals surface area contributed by atoms with Crippen LogP contribution in [0.4, 0.5) is 5.69 Å². The van der Waals surface area contributed by atoms with Crippen molar-refractivity contribution in [2.75, 3.05) is 12.0 Å². The molecule has 6 heteroatoms. The highest BCUT2D eigenvalue weighted by atomic mass is 79.9. The molecule has 0 aromatic heterocycles. The van der Waals surface area contributed by atoms with E-state index in [0.29, 0.717) is 17.9 Å². The van der Waals surface area contributed by atoms with Crippen molar-refractivity contribution in [2.45, 2.75) is 32.4 Å². The Kier molecular flexibility index (Phi) is 4.32. The predicted octanol–water partition coefficient (Wildman–Crippen LogP) is 2.09. The summed E-state index contributed by atoms with van der Waals surface area (Å²) in [6, 6.07) is 4.38. The Bertz CT molecular complexity index is 547. The largest absolute Gasteiger partial charge is 0.495 e. The van der Waals surface area contributed by atoms with E-state index < -0.39 is 12.1 Å². The molecule has 2 rings (SSSR count). The number of nitrogens with zero attached hydrogens (tertiary/aromatic N) is 1. The molecule has 20 heavy (non-hydrogen) atoms. The van der Waals surface area contributed by atoms with E-state index in [1.54, 1.807) is 31.1 Å². The number of amides is 2. The number of ether oxygens (including phenoxy) is 1. The molecule has 1 heterocycles. The lowest BCUT2D eigenvalue weighted by molar-refractivity contribution is -0.133. The van der Waals surface area contributed by atoms with Crippen LogP contribution in [0, 0.1) is 0 Å². The van der Waals surface area contributed by atoms with Crippen LogP contribution >= 0.6 is 15.9 Å². The molecule has 0 aliphatic carbocycles. The SMILES string of the molecule is CCC1C(=O)NC(C)C(=O)N1c1ccc(Br)c(OC)c1. The lowest BCUT2D eigenvalue weighted by Crippen LogP contribution is -2.62. The van der Waals surface area contributed by atoms with Gasteiger partial charge in [-0.2, -0.15) is 0 Å². The van der Waals surface area contributed by atoms with Gasteiger partial charge in [0.25, 0.3) is 0 Å². The minimum atomic E-state index is -0.514. The van der Waals surface area contributed by atoms with E-state index in [-0.39, 0.29) is 11.8 Å². The van der Waals surface area contributed by atoms with Gasteiger partial charge in [-0.15, -0.1) is 0 Å². The molecule has 1 aliphatic rings. The molecule has 0 bridgehead atoms. The number of methoxy groups -OCH3 is 1. The molecule has 2 amide bonds. The number of hydrogen-bond donors (Lipinski definition) is 1. The number of halogens is 1. The maximum Gasteiger partial charge on any atom is 0.250 e. The minimum absolute atomic E-state index is 0.110. The van der Waals surface area contributed by atoms with Crippen LogP contribution in [-0.2, 0) is 9.59 Å². The number of piperazine rings is 1. The molecule has 2 atom stereocenters. The van der Waals surface area contributed by atoms with Crippen LogP contribution in [0.25, 0.3) is 0 Å². The minimum Gasteiger partial charge on any atom is -0.495 e. The Morgan fingerprint density at radius 2 is 2.10 bits per heavy atom. The van der Waals surface area contributed by atoms with Crippen molar-refractivity contribution in [1.29, 1.82) is 0 Å². The molecule has 1 fully saturated rings. The second kappa shape index (κ2) is 5.83. The molecule has 1 saturated heterocycles. The van der Waals surface area contributed by atoms with E-state index in [4.69, 9.17) is 4.74 Å². The van der Waals surface area contributed by atoms with Crippen molar-refractivity contribution in [2.24, 2.45) is 0 Å². The van der Waals surface area contributed by atoms with Crippen LogP contribution < -0.4 is 15.0 Å². The standard InChI is InChI=1S/C14H17BrN2O3/c1-4-11-13(18)16-8(2)14(19)17(11)9-5-6-10(15)12(7-9)20-3/h5-8,11H,4H2,1-3H3,(H,16,18). The number of anilines is 1. The third-order valence-electron chi connectivity index (χ3n) is 3.38. The van der Waals surface area contributed by atoms with E-state index in [1.807, 2.05) is 13.0 Å². The van der Waals surface area contributed by atoms with Crippen LogP contribution in [0.15, 0.2) is 22.7 Å². The first-order valence-corrected chi connectivity index (χ1v) is 7.25. The van der Waals surface area contributed by atoms with E-state index in [9.17, 15) is 9.59 Å². The van der Waals surface area contributed by atoms with E-state index in [1.165, 1.54) is 0 Å². The second-order valence-corrected chi connectivity index (χ2v) is 5.54. The first-order valence-electron chi connectivity index (χ1n) is 6.46. The monoisotopic (exact) mass is 340 g/mol. The van der Waals surface area contributed by atoms with Crippen molar-refractivity contribution < 1.29 is 14.3 Å². The molecule has 0 radical (unpaired) electrons. The van der Waals surface area contributed by atoms with E-state index in [2.05, 4.69) is 21.2 Å². The van der Waals surface area contributed by atoms with Gasteiger partial charge >= 0.3 is 0 Å². The van der Waals surface area contributed by atoms with Gasteiger partial charge in [0.05, 0.1) is 11.6 Å². The molecule has 0 spiro atoms. The second-order valence-electron chi connectivity index (χ2n) is 4.68. The van der Waals surface area contributed by atoms with Gasteiger partial charge in [-0.3, -0.25) is 14.5 Å². The van der Waals surface area contributed by atoms with Crippen molar-refractivity contribution in [3.8, 4) is 5.75 Å². The average Bonchev–Trinajstić information content (AvgIpc) is 2.43. The average molecular weight is 341 g/mol. The molecule has 1 aromatic carbocycles. The van der Waals surface area contributed by atoms with Crippen molar-refractivity contribution >= 4 is 33.4 Å². The van der Waals surface area contributed by atoms with Crippen molar-refractivity contribution in [1.82, 2.24) is 5.32 Å². The van der Waals surface area contributed by atoms with Gasteiger partial charge in [0.15, 0.2) is 0 Å². The zero-order valence-electron chi connectivity index (χ0n) is 11.6. The molecular weight excluding hydrogens is 324 g/mol. The van der Waals surface area contributed by atoms with E-state index >= 15 is 0 Å². The third kappa shape index (κ3) is 2.52. The Hall–Kier alpha value is -1.56. The molecule has 108 valence electrons. The van der Waals surface area contributed by atoms with Gasteiger partial charge in [-0.25, -0.2) is 0 Å². The van der Waals surface area contributed by atoms with Gasteiger partial charge in [0, 0.05) is 11.8 Å². The molecule has 0 saturated carbocycles. The fourth-order valence-electron chi connectivity index (χ4n) is 2.32. The number of nitrogens with one attached hydrogen (secondary N) is 1. The maximum atomic E-state index is 12.4. The summed E-state index contributed by atoms with van der Waals surface area (Å²) in [7, 11) is 1.56. The van der Waals surface area contributed by atoms with Gasteiger partial charge in [0.1, 0.15) is 17.8 Å². The van der Waals surface area contributed by atoms with Gasteiger partial charge in [-0.05, 0) is 41.4 Å². The highest BCUT2D eigenvalue weighted by Gasteiger charge is 2.38. The maximum absolute atomic E-state index is 12.4. The highest BCUT2D eigenvalue weighted by molar-refractivity contribution is 9.10. The summed E-state index contributed by atoms with van der Waals surface area (Å²) < 4.78 is 6.05. The van der Waals surface area contributed by atoms with Crippen molar-refractivity contribution in [3.63, 3.8) is 0 Å². The zero-order chi connectivity index (χ0) is 14.9. The van der Waals surface area contributed by atoms with Crippen LogP contribution in [0.3, 0.4) is 0 Å². The summed E-state index contributed by atoms with van der Waals surface area (Å²) in [5.41, 5.74) is 0.670. The number of rotatable bonds is 3. The van der Waals surface area contributed by atoms with Crippen LogP contribution in [0.1, 0.15) is 20.3 Å². The summed E-state index contributed by atoms with van der Waals surface area (Å²) in [4.78, 5) is 26.0. The van der Waals surface area contributed by atoms with Gasteiger partial charge < -0.3 is 10.1 Å². The highest BCUT2D eigenvalue weighted by Crippen LogP contribution is 2.32.